The summed E-state index contributed by atoms with van der Waals surface area (Å²) in [5, 5.41) is 2.91. The summed E-state index contributed by atoms with van der Waals surface area (Å²) >= 11 is 0. The van der Waals surface area contributed by atoms with Crippen LogP contribution >= 0.6 is 0 Å². The molecule has 2 heterocycles. The summed E-state index contributed by atoms with van der Waals surface area (Å²) in [6, 6.07) is 11.0. The third-order valence-corrected chi connectivity index (χ3v) is 4.10. The van der Waals surface area contributed by atoms with Gasteiger partial charge in [0.05, 0.1) is 18.8 Å². The first-order valence-corrected chi connectivity index (χ1v) is 8.06. The number of benzene rings is 1. The van der Waals surface area contributed by atoms with E-state index in [1.807, 2.05) is 18.2 Å². The van der Waals surface area contributed by atoms with E-state index in [-0.39, 0.29) is 11.5 Å². The van der Waals surface area contributed by atoms with Crippen LogP contribution in [-0.2, 0) is 17.8 Å². The second-order valence-electron chi connectivity index (χ2n) is 5.78. The Labute approximate surface area is 140 Å². The first kappa shape index (κ1) is 16.4. The molecule has 1 fully saturated rings. The maximum absolute atomic E-state index is 12.2. The van der Waals surface area contributed by atoms with Gasteiger partial charge in [0.2, 0.25) is 5.56 Å². The lowest BCUT2D eigenvalue weighted by Crippen LogP contribution is -2.36. The molecule has 1 amide bonds. The van der Waals surface area contributed by atoms with E-state index >= 15 is 0 Å². The fourth-order valence-electron chi connectivity index (χ4n) is 2.71. The van der Waals surface area contributed by atoms with Crippen LogP contribution in [0.4, 0.5) is 0 Å². The van der Waals surface area contributed by atoms with Gasteiger partial charge >= 0.3 is 0 Å². The van der Waals surface area contributed by atoms with E-state index in [4.69, 9.17) is 4.74 Å². The second kappa shape index (κ2) is 7.90. The Balaban J connectivity index is 1.63. The minimum atomic E-state index is -0.220. The number of rotatable bonds is 5. The van der Waals surface area contributed by atoms with E-state index in [2.05, 4.69) is 21.3 Å². The number of aromatic amines is 1. The molecule has 0 radical (unpaired) electrons. The van der Waals surface area contributed by atoms with E-state index in [1.54, 1.807) is 0 Å². The molecule has 0 unspecified atom stereocenters. The van der Waals surface area contributed by atoms with Crippen LogP contribution in [0.3, 0.4) is 0 Å². The zero-order valence-corrected chi connectivity index (χ0v) is 13.5. The number of hydrogen-bond donors (Lipinski definition) is 2. The number of amides is 1. The molecule has 1 saturated heterocycles. The number of H-pyrrole nitrogens is 1. The molecule has 3 rings (SSSR count). The number of carbonyl (C=O) groups excluding carboxylic acids is 1. The molecule has 126 valence electrons. The van der Waals surface area contributed by atoms with Crippen LogP contribution in [0.15, 0.2) is 47.4 Å². The highest BCUT2D eigenvalue weighted by molar-refractivity contribution is 5.93. The Morgan fingerprint density at radius 2 is 1.88 bits per heavy atom. The van der Waals surface area contributed by atoms with Crippen LogP contribution in [0.5, 0.6) is 0 Å². The van der Waals surface area contributed by atoms with E-state index in [1.165, 1.54) is 23.9 Å². The van der Waals surface area contributed by atoms with Crippen LogP contribution in [-0.4, -0.2) is 42.1 Å². The Bertz CT molecular complexity index is 731. The molecule has 24 heavy (non-hydrogen) atoms. The quantitative estimate of drug-likeness (QED) is 0.863. The molecule has 1 aliphatic rings. The van der Waals surface area contributed by atoms with Gasteiger partial charge in [0.25, 0.3) is 5.91 Å². The summed E-state index contributed by atoms with van der Waals surface area (Å²) in [6.45, 7) is 4.71. The summed E-state index contributed by atoms with van der Waals surface area (Å²) in [4.78, 5) is 28.1. The van der Waals surface area contributed by atoms with E-state index in [9.17, 15) is 9.59 Å². The molecular weight excluding hydrogens is 306 g/mol. The maximum Gasteiger partial charge on any atom is 0.253 e. The molecule has 2 N–H and O–H groups in total. The zero-order valence-electron chi connectivity index (χ0n) is 13.5. The second-order valence-corrected chi connectivity index (χ2v) is 5.78. The van der Waals surface area contributed by atoms with Gasteiger partial charge in [-0.15, -0.1) is 0 Å². The number of nitrogens with one attached hydrogen (secondary N) is 2. The van der Waals surface area contributed by atoms with Gasteiger partial charge in [-0.05, 0) is 17.2 Å². The number of nitrogens with zero attached hydrogens (tertiary/aromatic N) is 1. The molecule has 0 saturated carbocycles. The summed E-state index contributed by atoms with van der Waals surface area (Å²) in [5.74, 6) is -0.201. The summed E-state index contributed by atoms with van der Waals surface area (Å²) < 4.78 is 5.38. The monoisotopic (exact) mass is 327 g/mol. The average molecular weight is 327 g/mol. The standard InChI is InChI=1S/C18H21N3O3/c22-17-6-5-15(12-19-17)18(23)20-11-14-3-1-2-4-16(14)13-21-7-9-24-10-8-21/h1-6,12H,7-11,13H2,(H,19,22)(H,20,23). The van der Waals surface area contributed by atoms with E-state index in [0.717, 1.165) is 38.4 Å². The molecule has 2 aromatic rings. The molecule has 0 spiro atoms. The predicted octanol–water partition coefficient (Wildman–Crippen LogP) is 1.14. The Morgan fingerprint density at radius 3 is 2.58 bits per heavy atom. The summed E-state index contributed by atoms with van der Waals surface area (Å²) in [7, 11) is 0. The average Bonchev–Trinajstić information content (AvgIpc) is 2.62. The van der Waals surface area contributed by atoms with E-state index in [0.29, 0.717) is 12.1 Å². The van der Waals surface area contributed by atoms with Crippen molar-refractivity contribution in [2.24, 2.45) is 0 Å². The van der Waals surface area contributed by atoms with Crippen LogP contribution in [0.25, 0.3) is 0 Å². The summed E-state index contributed by atoms with van der Waals surface area (Å²) in [6.07, 6.45) is 1.43. The smallest absolute Gasteiger partial charge is 0.253 e. The van der Waals surface area contributed by atoms with Crippen molar-refractivity contribution in [3.05, 3.63) is 69.6 Å². The van der Waals surface area contributed by atoms with Crippen LogP contribution in [0, 0.1) is 0 Å². The van der Waals surface area contributed by atoms with Crippen molar-refractivity contribution < 1.29 is 9.53 Å². The zero-order chi connectivity index (χ0) is 16.8. The first-order chi connectivity index (χ1) is 11.7. The lowest BCUT2D eigenvalue weighted by molar-refractivity contribution is 0.0340. The molecule has 0 bridgehead atoms. The summed E-state index contributed by atoms with van der Waals surface area (Å²) in [5.41, 5.74) is 2.53. The molecule has 6 heteroatoms. The van der Waals surface area contributed by atoms with Crippen molar-refractivity contribution in [3.8, 4) is 0 Å². The molecule has 0 aliphatic carbocycles. The lowest BCUT2D eigenvalue weighted by atomic mass is 10.1. The maximum atomic E-state index is 12.2. The van der Waals surface area contributed by atoms with Crippen LogP contribution in [0.1, 0.15) is 21.5 Å². The van der Waals surface area contributed by atoms with Gasteiger partial charge in [0.1, 0.15) is 0 Å². The SMILES string of the molecule is O=C(NCc1ccccc1CN1CCOCC1)c1ccc(=O)[nH]c1. The van der Waals surface area contributed by atoms with Gasteiger partial charge < -0.3 is 15.0 Å². The van der Waals surface area contributed by atoms with Crippen molar-refractivity contribution >= 4 is 5.91 Å². The Morgan fingerprint density at radius 1 is 1.12 bits per heavy atom. The molecule has 1 aromatic carbocycles. The molecular formula is C18H21N3O3. The van der Waals surface area contributed by atoms with Gasteiger partial charge in [0.15, 0.2) is 0 Å². The predicted molar refractivity (Wildman–Crippen MR) is 90.8 cm³/mol. The number of carbonyl (C=O) groups is 1. The normalized spacial score (nSPS) is 15.2. The van der Waals surface area contributed by atoms with Crippen molar-refractivity contribution in [1.29, 1.82) is 0 Å². The Kier molecular flexibility index (Phi) is 5.40. The van der Waals surface area contributed by atoms with Crippen molar-refractivity contribution in [1.82, 2.24) is 15.2 Å². The largest absolute Gasteiger partial charge is 0.379 e. The van der Waals surface area contributed by atoms with Crippen molar-refractivity contribution in [3.63, 3.8) is 0 Å². The van der Waals surface area contributed by atoms with Gasteiger partial charge in [-0.2, -0.15) is 0 Å². The van der Waals surface area contributed by atoms with Gasteiger partial charge in [-0.25, -0.2) is 0 Å². The number of hydrogen-bond acceptors (Lipinski definition) is 4. The third kappa shape index (κ3) is 4.31. The highest BCUT2D eigenvalue weighted by Gasteiger charge is 2.13. The molecule has 6 nitrogen and oxygen atoms in total. The Hall–Kier alpha value is -2.44. The highest BCUT2D eigenvalue weighted by Crippen LogP contribution is 2.13. The van der Waals surface area contributed by atoms with Crippen LogP contribution < -0.4 is 10.9 Å². The minimum absolute atomic E-state index is 0.201. The van der Waals surface area contributed by atoms with Gasteiger partial charge in [-0.1, -0.05) is 24.3 Å². The minimum Gasteiger partial charge on any atom is -0.379 e. The first-order valence-electron chi connectivity index (χ1n) is 8.06. The molecule has 1 aliphatic heterocycles. The van der Waals surface area contributed by atoms with Gasteiger partial charge in [-0.3, -0.25) is 14.5 Å². The van der Waals surface area contributed by atoms with E-state index < -0.39 is 0 Å². The number of ether oxygens (including phenoxy) is 1. The van der Waals surface area contributed by atoms with Crippen molar-refractivity contribution in [2.75, 3.05) is 26.3 Å². The van der Waals surface area contributed by atoms with Crippen molar-refractivity contribution in [2.45, 2.75) is 13.1 Å². The fraction of sp³-hybridized carbons (Fsp3) is 0.333. The fourth-order valence-corrected chi connectivity index (χ4v) is 2.71. The van der Waals surface area contributed by atoms with Crippen LogP contribution in [0.2, 0.25) is 0 Å². The third-order valence-electron chi connectivity index (χ3n) is 4.10. The topological polar surface area (TPSA) is 74.4 Å². The lowest BCUT2D eigenvalue weighted by Gasteiger charge is -2.27. The van der Waals surface area contributed by atoms with Gasteiger partial charge in [0, 0.05) is 38.4 Å². The number of pyridine rings is 1. The molecule has 1 aromatic heterocycles. The number of morpholine rings is 1. The number of aromatic nitrogens is 1. The highest BCUT2D eigenvalue weighted by atomic mass is 16.5. The molecule has 0 atom stereocenters.